The van der Waals surface area contributed by atoms with Crippen molar-refractivity contribution in [2.24, 2.45) is 0 Å². The smallest absolute Gasteiger partial charge is 0.248 e. The zero-order valence-corrected chi connectivity index (χ0v) is 17.9. The van der Waals surface area contributed by atoms with Crippen molar-refractivity contribution in [3.63, 3.8) is 0 Å². The molecule has 1 aliphatic heterocycles. The van der Waals surface area contributed by atoms with Gasteiger partial charge in [0, 0.05) is 25.9 Å². The van der Waals surface area contributed by atoms with Crippen LogP contribution in [0.2, 0.25) is 0 Å². The molecule has 3 rings (SSSR count). The molecule has 0 aliphatic carbocycles. The molecule has 1 heterocycles. The lowest BCUT2D eigenvalue weighted by Crippen LogP contribution is -2.23. The van der Waals surface area contributed by atoms with E-state index in [1.807, 2.05) is 6.07 Å². The highest BCUT2D eigenvalue weighted by molar-refractivity contribution is 7.89. The first-order valence-corrected chi connectivity index (χ1v) is 10.8. The van der Waals surface area contributed by atoms with E-state index in [-0.39, 0.29) is 10.6 Å². The third-order valence-corrected chi connectivity index (χ3v) is 6.10. The lowest BCUT2D eigenvalue weighted by molar-refractivity contribution is -0.111. The van der Waals surface area contributed by atoms with Crippen LogP contribution >= 0.6 is 0 Å². The fourth-order valence-corrected chi connectivity index (χ4v) is 3.83. The highest BCUT2D eigenvalue weighted by Crippen LogP contribution is 2.31. The van der Waals surface area contributed by atoms with E-state index in [4.69, 9.17) is 14.2 Å². The highest BCUT2D eigenvalue weighted by atomic mass is 32.2. The number of fused-ring (bicyclic) bond motifs is 1. The summed E-state index contributed by atoms with van der Waals surface area (Å²) in [6.45, 7) is 3.08. The molecule has 0 fully saturated rings. The molecule has 8 nitrogen and oxygen atoms in total. The van der Waals surface area contributed by atoms with Crippen molar-refractivity contribution < 1.29 is 27.4 Å². The molecule has 1 aliphatic rings. The largest absolute Gasteiger partial charge is 0.492 e. The molecule has 1 amide bonds. The Morgan fingerprint density at radius 1 is 1.13 bits per heavy atom. The monoisotopic (exact) mass is 432 g/mol. The second kappa shape index (κ2) is 9.19. The van der Waals surface area contributed by atoms with Gasteiger partial charge < -0.3 is 19.5 Å². The number of benzene rings is 2. The maximum atomic E-state index is 12.6. The number of rotatable bonds is 7. The summed E-state index contributed by atoms with van der Waals surface area (Å²) in [5, 5.41) is 2.68. The van der Waals surface area contributed by atoms with Crippen molar-refractivity contribution in [2.45, 2.75) is 11.8 Å². The minimum absolute atomic E-state index is 0.0111. The van der Waals surface area contributed by atoms with Crippen LogP contribution in [0, 0.1) is 0 Å². The average Bonchev–Trinajstić information content (AvgIpc) is 2.73. The Hall–Kier alpha value is -3.04. The van der Waals surface area contributed by atoms with Crippen LogP contribution < -0.4 is 19.5 Å². The summed E-state index contributed by atoms with van der Waals surface area (Å²) >= 11 is 0. The number of ether oxygens (including phenoxy) is 3. The number of nitrogens with one attached hydrogen (secondary N) is 1. The van der Waals surface area contributed by atoms with Gasteiger partial charge in [-0.15, -0.1) is 0 Å². The Morgan fingerprint density at radius 2 is 1.87 bits per heavy atom. The quantitative estimate of drug-likeness (QED) is 0.676. The van der Waals surface area contributed by atoms with Crippen LogP contribution in [-0.2, 0) is 14.8 Å². The molecule has 0 saturated carbocycles. The van der Waals surface area contributed by atoms with Gasteiger partial charge >= 0.3 is 0 Å². The number of anilines is 1. The zero-order valence-electron chi connectivity index (χ0n) is 17.0. The van der Waals surface area contributed by atoms with Gasteiger partial charge in [0.1, 0.15) is 23.9 Å². The zero-order chi connectivity index (χ0) is 21.7. The molecule has 0 aromatic heterocycles. The van der Waals surface area contributed by atoms with Gasteiger partial charge in [-0.05, 0) is 48.9 Å². The maximum Gasteiger partial charge on any atom is 0.248 e. The lowest BCUT2D eigenvalue weighted by atomic mass is 10.2. The van der Waals surface area contributed by atoms with Crippen molar-refractivity contribution in [1.82, 2.24) is 4.31 Å². The summed E-state index contributed by atoms with van der Waals surface area (Å²) in [6.07, 6.45) is 3.00. The molecule has 0 spiro atoms. The van der Waals surface area contributed by atoms with E-state index < -0.39 is 15.9 Å². The predicted molar refractivity (Wildman–Crippen MR) is 114 cm³/mol. The first-order valence-electron chi connectivity index (χ1n) is 9.39. The molecular weight excluding hydrogens is 408 g/mol. The fourth-order valence-electron chi connectivity index (χ4n) is 2.78. The second-order valence-corrected chi connectivity index (χ2v) is 8.73. The molecule has 0 atom stereocenters. The molecule has 1 N–H and O–H groups in total. The number of carbonyl (C=O) groups is 1. The van der Waals surface area contributed by atoms with Gasteiger partial charge in [-0.1, -0.05) is 6.07 Å². The van der Waals surface area contributed by atoms with Gasteiger partial charge in [-0.25, -0.2) is 12.7 Å². The molecule has 0 unspecified atom stereocenters. The Balaban J connectivity index is 1.77. The van der Waals surface area contributed by atoms with Crippen LogP contribution in [0.15, 0.2) is 47.4 Å². The summed E-state index contributed by atoms with van der Waals surface area (Å²) in [5.41, 5.74) is 1.12. The van der Waals surface area contributed by atoms with E-state index in [0.717, 1.165) is 9.87 Å². The van der Waals surface area contributed by atoms with Crippen LogP contribution in [0.3, 0.4) is 0 Å². The number of hydrogen-bond acceptors (Lipinski definition) is 6. The highest BCUT2D eigenvalue weighted by Gasteiger charge is 2.23. The Kier molecular flexibility index (Phi) is 6.63. The molecule has 0 radical (unpaired) electrons. The molecule has 160 valence electrons. The minimum Gasteiger partial charge on any atom is -0.492 e. The van der Waals surface area contributed by atoms with E-state index in [1.165, 1.54) is 32.3 Å². The molecule has 2 aromatic rings. The van der Waals surface area contributed by atoms with Crippen LogP contribution in [0.5, 0.6) is 17.2 Å². The normalized spacial score (nSPS) is 13.5. The summed E-state index contributed by atoms with van der Waals surface area (Å²) in [5.74, 6) is 1.14. The number of sulfonamides is 1. The van der Waals surface area contributed by atoms with E-state index in [0.29, 0.717) is 37.0 Å². The molecule has 2 aromatic carbocycles. The van der Waals surface area contributed by atoms with Gasteiger partial charge in [0.2, 0.25) is 15.9 Å². The van der Waals surface area contributed by atoms with Crippen molar-refractivity contribution >= 4 is 27.7 Å². The van der Waals surface area contributed by atoms with Crippen LogP contribution in [-0.4, -0.2) is 52.5 Å². The van der Waals surface area contributed by atoms with Gasteiger partial charge in [0.15, 0.2) is 11.5 Å². The van der Waals surface area contributed by atoms with Gasteiger partial charge in [0.25, 0.3) is 0 Å². The fraction of sp³-hybridized carbons (Fsp3) is 0.286. The van der Waals surface area contributed by atoms with E-state index in [9.17, 15) is 13.2 Å². The Morgan fingerprint density at radius 3 is 2.57 bits per heavy atom. The number of carbonyl (C=O) groups excluding carboxylic acids is 1. The summed E-state index contributed by atoms with van der Waals surface area (Å²) < 4.78 is 42.7. The maximum absolute atomic E-state index is 12.6. The van der Waals surface area contributed by atoms with E-state index >= 15 is 0 Å². The average molecular weight is 432 g/mol. The molecule has 9 heteroatoms. The predicted octanol–water partition coefficient (Wildman–Crippen LogP) is 2.76. The van der Waals surface area contributed by atoms with E-state index in [2.05, 4.69) is 5.32 Å². The van der Waals surface area contributed by atoms with Gasteiger partial charge in [0.05, 0.1) is 6.61 Å². The third-order valence-electron chi connectivity index (χ3n) is 4.26. The summed E-state index contributed by atoms with van der Waals surface area (Å²) in [4.78, 5) is 12.3. The molecule has 0 bridgehead atoms. The minimum atomic E-state index is -3.74. The van der Waals surface area contributed by atoms with E-state index in [1.54, 1.807) is 31.2 Å². The number of amides is 1. The first-order chi connectivity index (χ1) is 14.3. The van der Waals surface area contributed by atoms with Crippen LogP contribution in [0.1, 0.15) is 12.5 Å². The third kappa shape index (κ3) is 4.92. The Labute approximate surface area is 176 Å². The standard InChI is InChI=1S/C21H24N2O6S/c1-4-27-18-9-7-16(14-20(18)30(25,26)23(2)3)22-21(24)10-6-15-5-8-17-19(13-15)29-12-11-28-17/h5-10,13-14H,4,11-12H2,1-3H3,(H,22,24)/b10-6+. The summed E-state index contributed by atoms with van der Waals surface area (Å²) in [6, 6.07) is 9.90. The van der Waals surface area contributed by atoms with Gasteiger partial charge in [-0.3, -0.25) is 4.79 Å². The molecule has 30 heavy (non-hydrogen) atoms. The van der Waals surface area contributed by atoms with Gasteiger partial charge in [-0.2, -0.15) is 0 Å². The lowest BCUT2D eigenvalue weighted by Gasteiger charge is -2.18. The van der Waals surface area contributed by atoms with Crippen LogP contribution in [0.25, 0.3) is 6.08 Å². The SMILES string of the molecule is CCOc1ccc(NC(=O)/C=C/c2ccc3c(c2)OCCO3)cc1S(=O)(=O)N(C)C. The second-order valence-electron chi connectivity index (χ2n) is 6.61. The number of hydrogen-bond donors (Lipinski definition) is 1. The van der Waals surface area contributed by atoms with Crippen molar-refractivity contribution in [1.29, 1.82) is 0 Å². The van der Waals surface area contributed by atoms with Crippen LogP contribution in [0.4, 0.5) is 5.69 Å². The molecular formula is C21H24N2O6S. The van der Waals surface area contributed by atoms with Crippen molar-refractivity contribution in [3.8, 4) is 17.2 Å². The molecule has 0 saturated heterocycles. The van der Waals surface area contributed by atoms with Crippen molar-refractivity contribution in [3.05, 3.63) is 48.0 Å². The Bertz CT molecular complexity index is 1060. The summed E-state index contributed by atoms with van der Waals surface area (Å²) in [7, 11) is -0.865. The number of nitrogens with zero attached hydrogens (tertiary/aromatic N) is 1. The first kappa shape index (κ1) is 21.7. The topological polar surface area (TPSA) is 94.2 Å². The van der Waals surface area contributed by atoms with Crippen molar-refractivity contribution in [2.75, 3.05) is 39.2 Å².